The average Bonchev–Trinajstić information content (AvgIpc) is 3.10. The summed E-state index contributed by atoms with van der Waals surface area (Å²) in [5.41, 5.74) is 1.91. The summed E-state index contributed by atoms with van der Waals surface area (Å²) >= 11 is 0. The Labute approximate surface area is 133 Å². The number of nitrogens with one attached hydrogen (secondary N) is 1. The van der Waals surface area contributed by atoms with E-state index in [-0.39, 0.29) is 5.91 Å². The Morgan fingerprint density at radius 3 is 2.87 bits per heavy atom. The molecular formula is C17H15N3O3. The zero-order valence-corrected chi connectivity index (χ0v) is 12.5. The van der Waals surface area contributed by atoms with Crippen LogP contribution >= 0.6 is 0 Å². The Kier molecular flexibility index (Phi) is 4.33. The molecule has 1 heterocycles. The third-order valence-electron chi connectivity index (χ3n) is 3.13. The van der Waals surface area contributed by atoms with Gasteiger partial charge in [-0.2, -0.15) is 0 Å². The Bertz CT molecular complexity index is 800. The summed E-state index contributed by atoms with van der Waals surface area (Å²) in [5.74, 6) is 0.855. The lowest BCUT2D eigenvalue weighted by molar-refractivity contribution is 0.102. The molecule has 1 aromatic heterocycles. The number of amides is 1. The maximum Gasteiger partial charge on any atom is 0.255 e. The van der Waals surface area contributed by atoms with Crippen LogP contribution in [0.15, 0.2) is 59.3 Å². The van der Waals surface area contributed by atoms with Crippen LogP contribution in [0.25, 0.3) is 11.5 Å². The Morgan fingerprint density at radius 1 is 1.22 bits per heavy atom. The van der Waals surface area contributed by atoms with Crippen molar-refractivity contribution < 1.29 is 13.9 Å². The summed E-state index contributed by atoms with van der Waals surface area (Å²) in [7, 11) is 0. The molecule has 0 spiro atoms. The minimum absolute atomic E-state index is 0.214. The summed E-state index contributed by atoms with van der Waals surface area (Å²) in [6.07, 6.45) is 1.26. The van der Waals surface area contributed by atoms with Crippen LogP contribution in [0, 0.1) is 0 Å². The van der Waals surface area contributed by atoms with Gasteiger partial charge in [-0.15, -0.1) is 10.2 Å². The van der Waals surface area contributed by atoms with Crippen LogP contribution in [0.4, 0.5) is 5.69 Å². The highest BCUT2D eigenvalue weighted by Crippen LogP contribution is 2.21. The first-order valence-electron chi connectivity index (χ1n) is 7.17. The van der Waals surface area contributed by atoms with Crippen molar-refractivity contribution >= 4 is 11.6 Å². The van der Waals surface area contributed by atoms with Gasteiger partial charge in [0.05, 0.1) is 6.61 Å². The van der Waals surface area contributed by atoms with Gasteiger partial charge in [-0.3, -0.25) is 4.79 Å². The molecule has 0 atom stereocenters. The van der Waals surface area contributed by atoms with Crippen molar-refractivity contribution in [2.45, 2.75) is 6.92 Å². The minimum Gasteiger partial charge on any atom is -0.494 e. The minimum atomic E-state index is -0.214. The van der Waals surface area contributed by atoms with Crippen molar-refractivity contribution in [2.75, 3.05) is 11.9 Å². The van der Waals surface area contributed by atoms with Gasteiger partial charge >= 0.3 is 0 Å². The van der Waals surface area contributed by atoms with Crippen LogP contribution in [0.3, 0.4) is 0 Å². The summed E-state index contributed by atoms with van der Waals surface area (Å²) in [6, 6.07) is 14.3. The average molecular weight is 309 g/mol. The predicted octanol–water partition coefficient (Wildman–Crippen LogP) is 3.39. The molecule has 0 aliphatic rings. The number of ether oxygens (including phenoxy) is 1. The second-order valence-electron chi connectivity index (χ2n) is 4.74. The highest BCUT2D eigenvalue weighted by molar-refractivity contribution is 6.04. The van der Waals surface area contributed by atoms with Gasteiger partial charge in [0.2, 0.25) is 12.3 Å². The normalized spacial score (nSPS) is 10.3. The maximum absolute atomic E-state index is 12.4. The highest BCUT2D eigenvalue weighted by atomic mass is 16.5. The fourth-order valence-corrected chi connectivity index (χ4v) is 2.13. The summed E-state index contributed by atoms with van der Waals surface area (Å²) < 4.78 is 10.6. The quantitative estimate of drug-likeness (QED) is 0.781. The van der Waals surface area contributed by atoms with E-state index < -0.39 is 0 Å². The molecule has 1 amide bonds. The van der Waals surface area contributed by atoms with Crippen molar-refractivity contribution in [3.05, 3.63) is 60.5 Å². The zero-order chi connectivity index (χ0) is 16.1. The molecule has 1 N–H and O–H groups in total. The largest absolute Gasteiger partial charge is 0.494 e. The predicted molar refractivity (Wildman–Crippen MR) is 85.3 cm³/mol. The first kappa shape index (κ1) is 14.8. The van der Waals surface area contributed by atoms with Crippen LogP contribution in [0.1, 0.15) is 17.3 Å². The highest BCUT2D eigenvalue weighted by Gasteiger charge is 2.09. The molecule has 0 aliphatic heterocycles. The number of anilines is 1. The Hall–Kier alpha value is -3.15. The number of carbonyl (C=O) groups is 1. The van der Waals surface area contributed by atoms with Crippen LogP contribution in [-0.2, 0) is 0 Å². The Morgan fingerprint density at radius 2 is 2.09 bits per heavy atom. The van der Waals surface area contributed by atoms with Crippen molar-refractivity contribution in [3.8, 4) is 17.2 Å². The molecule has 0 radical (unpaired) electrons. The van der Waals surface area contributed by atoms with Crippen molar-refractivity contribution in [3.63, 3.8) is 0 Å². The van der Waals surface area contributed by atoms with E-state index >= 15 is 0 Å². The monoisotopic (exact) mass is 309 g/mol. The van der Waals surface area contributed by atoms with Crippen LogP contribution in [0.2, 0.25) is 0 Å². The number of nitrogens with zero attached hydrogens (tertiary/aromatic N) is 2. The lowest BCUT2D eigenvalue weighted by Crippen LogP contribution is -2.12. The molecule has 3 aromatic rings. The van der Waals surface area contributed by atoms with E-state index in [1.165, 1.54) is 6.39 Å². The van der Waals surface area contributed by atoms with E-state index in [1.807, 2.05) is 25.1 Å². The van der Waals surface area contributed by atoms with Gasteiger partial charge in [0, 0.05) is 16.8 Å². The van der Waals surface area contributed by atoms with E-state index in [9.17, 15) is 4.79 Å². The number of carbonyl (C=O) groups excluding carboxylic acids is 1. The number of hydrogen-bond donors (Lipinski definition) is 1. The third kappa shape index (κ3) is 3.55. The van der Waals surface area contributed by atoms with E-state index in [0.717, 1.165) is 5.56 Å². The molecule has 2 aromatic carbocycles. The SMILES string of the molecule is CCOc1cccc(C(=O)Nc2cccc(-c3nnco3)c2)c1. The van der Waals surface area contributed by atoms with Crippen molar-refractivity contribution in [2.24, 2.45) is 0 Å². The summed E-state index contributed by atoms with van der Waals surface area (Å²) in [6.45, 7) is 2.45. The maximum atomic E-state index is 12.4. The molecule has 6 heteroatoms. The van der Waals surface area contributed by atoms with E-state index in [4.69, 9.17) is 9.15 Å². The molecule has 0 unspecified atom stereocenters. The Balaban J connectivity index is 1.78. The first-order chi connectivity index (χ1) is 11.3. The fraction of sp³-hybridized carbons (Fsp3) is 0.118. The number of hydrogen-bond acceptors (Lipinski definition) is 5. The van der Waals surface area contributed by atoms with Crippen LogP contribution in [-0.4, -0.2) is 22.7 Å². The molecule has 0 saturated carbocycles. The number of aromatic nitrogens is 2. The molecule has 23 heavy (non-hydrogen) atoms. The topological polar surface area (TPSA) is 77.2 Å². The van der Waals surface area contributed by atoms with Crippen LogP contribution in [0.5, 0.6) is 5.75 Å². The molecule has 116 valence electrons. The van der Waals surface area contributed by atoms with E-state index in [0.29, 0.717) is 29.5 Å². The summed E-state index contributed by atoms with van der Waals surface area (Å²) in [4.78, 5) is 12.4. The second-order valence-corrected chi connectivity index (χ2v) is 4.74. The molecule has 6 nitrogen and oxygen atoms in total. The van der Waals surface area contributed by atoms with E-state index in [1.54, 1.807) is 30.3 Å². The van der Waals surface area contributed by atoms with Crippen molar-refractivity contribution in [1.29, 1.82) is 0 Å². The first-order valence-corrected chi connectivity index (χ1v) is 7.17. The number of rotatable bonds is 5. The number of benzene rings is 2. The second kappa shape index (κ2) is 6.74. The van der Waals surface area contributed by atoms with Gasteiger partial charge in [-0.05, 0) is 43.3 Å². The van der Waals surface area contributed by atoms with Gasteiger partial charge < -0.3 is 14.5 Å². The fourth-order valence-electron chi connectivity index (χ4n) is 2.13. The van der Waals surface area contributed by atoms with Crippen molar-refractivity contribution in [1.82, 2.24) is 10.2 Å². The standard InChI is InChI=1S/C17H15N3O3/c1-2-22-15-8-4-5-12(10-15)16(21)19-14-7-3-6-13(9-14)17-20-18-11-23-17/h3-11H,2H2,1H3,(H,19,21). The smallest absolute Gasteiger partial charge is 0.255 e. The molecular weight excluding hydrogens is 294 g/mol. The molecule has 0 saturated heterocycles. The van der Waals surface area contributed by atoms with Gasteiger partial charge in [-0.25, -0.2) is 0 Å². The van der Waals surface area contributed by atoms with Gasteiger partial charge in [0.25, 0.3) is 5.91 Å². The van der Waals surface area contributed by atoms with Gasteiger partial charge in [0.1, 0.15) is 5.75 Å². The zero-order valence-electron chi connectivity index (χ0n) is 12.5. The molecule has 0 aliphatic carbocycles. The molecule has 3 rings (SSSR count). The van der Waals surface area contributed by atoms with Gasteiger partial charge in [0.15, 0.2) is 0 Å². The summed E-state index contributed by atoms with van der Waals surface area (Å²) in [5, 5.41) is 10.3. The molecule has 0 bridgehead atoms. The lowest BCUT2D eigenvalue weighted by atomic mass is 10.1. The third-order valence-corrected chi connectivity index (χ3v) is 3.13. The van der Waals surface area contributed by atoms with Crippen LogP contribution < -0.4 is 10.1 Å². The van der Waals surface area contributed by atoms with Gasteiger partial charge in [-0.1, -0.05) is 12.1 Å². The molecule has 0 fully saturated rings. The van der Waals surface area contributed by atoms with E-state index in [2.05, 4.69) is 15.5 Å². The lowest BCUT2D eigenvalue weighted by Gasteiger charge is -2.08.